The Morgan fingerprint density at radius 3 is 2.57 bits per heavy atom. The fraction of sp³-hybridized carbons (Fsp3) is 0.333. The Balaban J connectivity index is 1.89. The average molecular weight is 283 g/mol. The Morgan fingerprint density at radius 1 is 1.05 bits per heavy atom. The Hall–Kier alpha value is -2.00. The number of ether oxygens (including phenoxy) is 2. The quantitative estimate of drug-likeness (QED) is 0.934. The van der Waals surface area contributed by atoms with Gasteiger partial charge in [0.05, 0.1) is 6.04 Å². The second-order valence-corrected chi connectivity index (χ2v) is 5.34. The van der Waals surface area contributed by atoms with Crippen molar-refractivity contribution in [2.45, 2.75) is 25.8 Å². The minimum Gasteiger partial charge on any atom is -0.486 e. The van der Waals surface area contributed by atoms with Crippen molar-refractivity contribution in [3.8, 4) is 11.5 Å². The summed E-state index contributed by atoms with van der Waals surface area (Å²) >= 11 is 0. The van der Waals surface area contributed by atoms with Gasteiger partial charge in [-0.25, -0.2) is 0 Å². The largest absolute Gasteiger partial charge is 0.486 e. The topological polar surface area (TPSA) is 44.5 Å². The zero-order valence-electron chi connectivity index (χ0n) is 12.3. The number of benzene rings is 2. The molecule has 0 fully saturated rings. The fourth-order valence-corrected chi connectivity index (χ4v) is 2.70. The molecular weight excluding hydrogens is 262 g/mol. The van der Waals surface area contributed by atoms with E-state index in [4.69, 9.17) is 15.2 Å². The maximum Gasteiger partial charge on any atom is 0.166 e. The Kier molecular flexibility index (Phi) is 4.11. The van der Waals surface area contributed by atoms with Gasteiger partial charge in [-0.3, -0.25) is 0 Å². The van der Waals surface area contributed by atoms with Crippen LogP contribution in [0.15, 0.2) is 42.5 Å². The van der Waals surface area contributed by atoms with Crippen molar-refractivity contribution in [3.05, 3.63) is 59.2 Å². The summed E-state index contributed by atoms with van der Waals surface area (Å²) in [6.07, 6.45) is 2.26. The number of para-hydroxylation sites is 1. The number of aryl methyl sites for hydroxylation is 1. The molecule has 0 amide bonds. The molecule has 1 aliphatic rings. The van der Waals surface area contributed by atoms with Gasteiger partial charge in [-0.2, -0.15) is 0 Å². The average Bonchev–Trinajstić information content (AvgIpc) is 2.55. The van der Waals surface area contributed by atoms with E-state index < -0.39 is 0 Å². The summed E-state index contributed by atoms with van der Waals surface area (Å²) in [6.45, 7) is 3.36. The zero-order valence-corrected chi connectivity index (χ0v) is 12.3. The molecule has 2 aromatic rings. The zero-order chi connectivity index (χ0) is 14.7. The number of fused-ring (bicyclic) bond motifs is 1. The van der Waals surface area contributed by atoms with E-state index in [-0.39, 0.29) is 6.04 Å². The monoisotopic (exact) mass is 283 g/mol. The highest BCUT2D eigenvalue weighted by molar-refractivity contribution is 5.51. The highest BCUT2D eigenvalue weighted by atomic mass is 16.6. The Morgan fingerprint density at radius 2 is 1.81 bits per heavy atom. The van der Waals surface area contributed by atoms with E-state index >= 15 is 0 Å². The molecule has 1 atom stereocenters. The van der Waals surface area contributed by atoms with E-state index in [1.165, 1.54) is 5.56 Å². The van der Waals surface area contributed by atoms with Crippen LogP contribution in [0.2, 0.25) is 0 Å². The standard InChI is InChI=1S/C18H21NO2/c1-2-4-13-7-9-14(10-8-13)17(19)15-5-3-6-16-18(15)21-12-11-20-16/h3,5-10,17H,2,4,11-12,19H2,1H3. The van der Waals surface area contributed by atoms with E-state index in [1.807, 2.05) is 18.2 Å². The van der Waals surface area contributed by atoms with Crippen LogP contribution in [0.4, 0.5) is 0 Å². The van der Waals surface area contributed by atoms with Crippen LogP contribution in [0.25, 0.3) is 0 Å². The molecule has 110 valence electrons. The van der Waals surface area contributed by atoms with Crippen LogP contribution < -0.4 is 15.2 Å². The van der Waals surface area contributed by atoms with Crippen molar-refractivity contribution < 1.29 is 9.47 Å². The molecule has 0 saturated heterocycles. The normalized spacial score (nSPS) is 14.8. The molecule has 0 aromatic heterocycles. The van der Waals surface area contributed by atoms with Crippen molar-refractivity contribution in [3.63, 3.8) is 0 Å². The predicted molar refractivity (Wildman–Crippen MR) is 83.9 cm³/mol. The van der Waals surface area contributed by atoms with Crippen molar-refractivity contribution in [2.75, 3.05) is 13.2 Å². The molecule has 0 spiro atoms. The second kappa shape index (κ2) is 6.19. The van der Waals surface area contributed by atoms with Crippen molar-refractivity contribution in [1.82, 2.24) is 0 Å². The molecular formula is C18H21NO2. The SMILES string of the molecule is CCCc1ccc(C(N)c2cccc3c2OCCO3)cc1. The van der Waals surface area contributed by atoms with Crippen LogP contribution in [0.3, 0.4) is 0 Å². The summed E-state index contributed by atoms with van der Waals surface area (Å²) in [5.41, 5.74) is 9.86. The summed E-state index contributed by atoms with van der Waals surface area (Å²) in [5.74, 6) is 1.57. The molecule has 21 heavy (non-hydrogen) atoms. The highest BCUT2D eigenvalue weighted by Crippen LogP contribution is 2.38. The predicted octanol–water partition coefficient (Wildman–Crippen LogP) is 3.46. The first-order valence-corrected chi connectivity index (χ1v) is 7.52. The maximum atomic E-state index is 6.43. The van der Waals surface area contributed by atoms with Gasteiger partial charge in [0.25, 0.3) is 0 Å². The van der Waals surface area contributed by atoms with E-state index in [2.05, 4.69) is 31.2 Å². The van der Waals surface area contributed by atoms with Crippen LogP contribution in [0, 0.1) is 0 Å². The minimum atomic E-state index is -0.197. The van der Waals surface area contributed by atoms with Gasteiger partial charge < -0.3 is 15.2 Å². The summed E-state index contributed by atoms with van der Waals surface area (Å²) in [5, 5.41) is 0. The number of nitrogens with two attached hydrogens (primary N) is 1. The van der Waals surface area contributed by atoms with Crippen LogP contribution in [0.5, 0.6) is 11.5 Å². The molecule has 0 aliphatic carbocycles. The lowest BCUT2D eigenvalue weighted by atomic mass is 9.96. The van der Waals surface area contributed by atoms with Gasteiger partial charge in [0.2, 0.25) is 0 Å². The van der Waals surface area contributed by atoms with Crippen LogP contribution in [-0.4, -0.2) is 13.2 Å². The first-order valence-electron chi connectivity index (χ1n) is 7.52. The molecule has 0 bridgehead atoms. The van der Waals surface area contributed by atoms with Gasteiger partial charge >= 0.3 is 0 Å². The van der Waals surface area contributed by atoms with Gasteiger partial charge in [0, 0.05) is 5.56 Å². The first-order chi connectivity index (χ1) is 10.3. The van der Waals surface area contributed by atoms with Crippen molar-refractivity contribution in [2.24, 2.45) is 5.73 Å². The smallest absolute Gasteiger partial charge is 0.166 e. The lowest BCUT2D eigenvalue weighted by molar-refractivity contribution is 0.169. The van der Waals surface area contributed by atoms with Gasteiger partial charge in [-0.15, -0.1) is 0 Å². The number of rotatable bonds is 4. The van der Waals surface area contributed by atoms with Crippen LogP contribution >= 0.6 is 0 Å². The lowest BCUT2D eigenvalue weighted by Gasteiger charge is -2.23. The molecule has 2 N–H and O–H groups in total. The molecule has 1 heterocycles. The summed E-state index contributed by atoms with van der Waals surface area (Å²) in [7, 11) is 0. The summed E-state index contributed by atoms with van der Waals surface area (Å²) in [6, 6.07) is 14.2. The van der Waals surface area contributed by atoms with E-state index in [1.54, 1.807) is 0 Å². The van der Waals surface area contributed by atoms with Gasteiger partial charge in [0.15, 0.2) is 11.5 Å². The highest BCUT2D eigenvalue weighted by Gasteiger charge is 2.20. The number of hydrogen-bond donors (Lipinski definition) is 1. The molecule has 3 rings (SSSR count). The Bertz CT molecular complexity index is 607. The van der Waals surface area contributed by atoms with Crippen molar-refractivity contribution >= 4 is 0 Å². The van der Waals surface area contributed by atoms with E-state index in [0.29, 0.717) is 13.2 Å². The third kappa shape index (κ3) is 2.88. The first kappa shape index (κ1) is 14.0. The molecule has 2 aromatic carbocycles. The van der Waals surface area contributed by atoms with Gasteiger partial charge in [-0.1, -0.05) is 49.7 Å². The second-order valence-electron chi connectivity index (χ2n) is 5.34. The Labute approximate surface area is 125 Å². The van der Waals surface area contributed by atoms with E-state index in [9.17, 15) is 0 Å². The molecule has 3 nitrogen and oxygen atoms in total. The van der Waals surface area contributed by atoms with Crippen LogP contribution in [0.1, 0.15) is 36.1 Å². The van der Waals surface area contributed by atoms with Crippen molar-refractivity contribution in [1.29, 1.82) is 0 Å². The molecule has 0 radical (unpaired) electrons. The summed E-state index contributed by atoms with van der Waals surface area (Å²) in [4.78, 5) is 0. The third-order valence-electron chi connectivity index (χ3n) is 3.81. The minimum absolute atomic E-state index is 0.197. The lowest BCUT2D eigenvalue weighted by Crippen LogP contribution is -2.20. The molecule has 0 saturated carbocycles. The fourth-order valence-electron chi connectivity index (χ4n) is 2.70. The maximum absolute atomic E-state index is 6.43. The molecule has 1 aliphatic heterocycles. The van der Waals surface area contributed by atoms with Gasteiger partial charge in [0.1, 0.15) is 13.2 Å². The number of hydrogen-bond acceptors (Lipinski definition) is 3. The summed E-state index contributed by atoms with van der Waals surface area (Å²) < 4.78 is 11.4. The van der Waals surface area contributed by atoms with Crippen LogP contribution in [-0.2, 0) is 6.42 Å². The molecule has 3 heteroatoms. The third-order valence-corrected chi connectivity index (χ3v) is 3.81. The van der Waals surface area contributed by atoms with E-state index in [0.717, 1.165) is 35.5 Å². The van der Waals surface area contributed by atoms with Gasteiger partial charge in [-0.05, 0) is 23.6 Å². The molecule has 1 unspecified atom stereocenters.